The molecule has 1 atom stereocenters. The van der Waals surface area contributed by atoms with Crippen LogP contribution >= 0.6 is 0 Å². The van der Waals surface area contributed by atoms with Gasteiger partial charge in [-0.3, -0.25) is 4.79 Å². The number of aliphatic hydroxyl groups excluding tert-OH is 2. The van der Waals surface area contributed by atoms with E-state index in [1.54, 1.807) is 24.3 Å². The van der Waals surface area contributed by atoms with Gasteiger partial charge in [0.25, 0.3) is 0 Å². The van der Waals surface area contributed by atoms with Gasteiger partial charge in [0.1, 0.15) is 0 Å². The summed E-state index contributed by atoms with van der Waals surface area (Å²) in [5, 5.41) is 17.8. The molecule has 1 rings (SSSR count). The Morgan fingerprint density at radius 3 is 2.36 bits per heavy atom. The third-order valence-electron chi connectivity index (χ3n) is 1.92. The Morgan fingerprint density at radius 1 is 1.36 bits per heavy atom. The maximum atomic E-state index is 10.7. The SMILES string of the molecule is NC(=O)c1ccc(C[C@H](O)CO)cc1. The lowest BCUT2D eigenvalue weighted by molar-refractivity contribution is 0.0955. The first-order valence-corrected chi connectivity index (χ1v) is 4.31. The molecule has 0 unspecified atom stereocenters. The van der Waals surface area contributed by atoms with Crippen LogP contribution in [0.15, 0.2) is 24.3 Å². The zero-order valence-corrected chi connectivity index (χ0v) is 7.68. The summed E-state index contributed by atoms with van der Waals surface area (Å²) in [5.74, 6) is -0.473. The van der Waals surface area contributed by atoms with Gasteiger partial charge in [-0.1, -0.05) is 12.1 Å². The first kappa shape index (κ1) is 10.7. The normalized spacial score (nSPS) is 12.4. The molecule has 4 heteroatoms. The quantitative estimate of drug-likeness (QED) is 0.615. The number of hydrogen-bond donors (Lipinski definition) is 3. The van der Waals surface area contributed by atoms with E-state index in [9.17, 15) is 4.79 Å². The fraction of sp³-hybridized carbons (Fsp3) is 0.300. The first-order valence-electron chi connectivity index (χ1n) is 4.31. The van der Waals surface area contributed by atoms with Gasteiger partial charge < -0.3 is 15.9 Å². The van der Waals surface area contributed by atoms with E-state index in [1.807, 2.05) is 0 Å². The molecule has 0 fully saturated rings. The topological polar surface area (TPSA) is 83.6 Å². The zero-order chi connectivity index (χ0) is 10.6. The number of benzene rings is 1. The first-order chi connectivity index (χ1) is 6.63. The van der Waals surface area contributed by atoms with Gasteiger partial charge >= 0.3 is 0 Å². The minimum Gasteiger partial charge on any atom is -0.394 e. The van der Waals surface area contributed by atoms with Gasteiger partial charge in [0.2, 0.25) is 5.91 Å². The Bertz CT molecular complexity index is 308. The van der Waals surface area contributed by atoms with Crippen molar-refractivity contribution in [1.29, 1.82) is 0 Å². The van der Waals surface area contributed by atoms with E-state index in [-0.39, 0.29) is 6.61 Å². The zero-order valence-electron chi connectivity index (χ0n) is 7.68. The van der Waals surface area contributed by atoms with Crippen molar-refractivity contribution in [2.24, 2.45) is 5.73 Å². The van der Waals surface area contributed by atoms with Crippen LogP contribution in [0, 0.1) is 0 Å². The number of nitrogens with two attached hydrogens (primary N) is 1. The molecular weight excluding hydrogens is 182 g/mol. The van der Waals surface area contributed by atoms with Crippen LogP contribution in [0.25, 0.3) is 0 Å². The van der Waals surface area contributed by atoms with E-state index in [1.165, 1.54) is 0 Å². The highest BCUT2D eigenvalue weighted by Gasteiger charge is 2.04. The van der Waals surface area contributed by atoms with E-state index in [0.29, 0.717) is 12.0 Å². The van der Waals surface area contributed by atoms with E-state index >= 15 is 0 Å². The number of carbonyl (C=O) groups is 1. The Hall–Kier alpha value is -1.39. The van der Waals surface area contributed by atoms with Crippen LogP contribution in [-0.4, -0.2) is 28.8 Å². The van der Waals surface area contributed by atoms with Gasteiger partial charge in [-0.15, -0.1) is 0 Å². The standard InChI is InChI=1S/C10H13NO3/c11-10(14)8-3-1-7(2-4-8)5-9(13)6-12/h1-4,9,12-13H,5-6H2,(H2,11,14)/t9-/m0/s1. The molecule has 0 saturated heterocycles. The van der Waals surface area contributed by atoms with Gasteiger partial charge in [-0.2, -0.15) is 0 Å². The molecule has 4 N–H and O–H groups in total. The maximum absolute atomic E-state index is 10.7. The number of carbonyl (C=O) groups excluding carboxylic acids is 1. The van der Waals surface area contributed by atoms with E-state index in [4.69, 9.17) is 15.9 Å². The fourth-order valence-corrected chi connectivity index (χ4v) is 1.14. The molecule has 1 amide bonds. The average molecular weight is 195 g/mol. The van der Waals surface area contributed by atoms with Crippen molar-refractivity contribution < 1.29 is 15.0 Å². The Kier molecular flexibility index (Phi) is 3.62. The van der Waals surface area contributed by atoms with Gasteiger partial charge in [0, 0.05) is 12.0 Å². The summed E-state index contributed by atoms with van der Waals surface area (Å²) in [6.45, 7) is -0.266. The molecule has 0 aromatic heterocycles. The molecule has 0 radical (unpaired) electrons. The van der Waals surface area contributed by atoms with E-state index < -0.39 is 12.0 Å². The summed E-state index contributed by atoms with van der Waals surface area (Å²) in [5.41, 5.74) is 6.36. The predicted octanol–water partition coefficient (Wildman–Crippen LogP) is -0.319. The lowest BCUT2D eigenvalue weighted by Crippen LogP contribution is -2.15. The highest BCUT2D eigenvalue weighted by atomic mass is 16.3. The molecule has 0 aliphatic heterocycles. The molecule has 1 aromatic rings. The van der Waals surface area contributed by atoms with Gasteiger partial charge in [-0.05, 0) is 17.7 Å². The van der Waals surface area contributed by atoms with Crippen LogP contribution in [0.1, 0.15) is 15.9 Å². The minimum atomic E-state index is -0.755. The molecule has 76 valence electrons. The third kappa shape index (κ3) is 2.83. The van der Waals surface area contributed by atoms with Gasteiger partial charge in [0.15, 0.2) is 0 Å². The smallest absolute Gasteiger partial charge is 0.248 e. The van der Waals surface area contributed by atoms with Crippen LogP contribution in [0.4, 0.5) is 0 Å². The summed E-state index contributed by atoms with van der Waals surface area (Å²) in [6, 6.07) is 6.61. The minimum absolute atomic E-state index is 0.266. The molecule has 4 nitrogen and oxygen atoms in total. The molecule has 0 saturated carbocycles. The number of aliphatic hydroxyl groups is 2. The maximum Gasteiger partial charge on any atom is 0.248 e. The predicted molar refractivity (Wildman–Crippen MR) is 51.8 cm³/mol. The second-order valence-corrected chi connectivity index (χ2v) is 3.10. The van der Waals surface area contributed by atoms with E-state index in [0.717, 1.165) is 5.56 Å². The average Bonchev–Trinajstić information content (AvgIpc) is 2.18. The van der Waals surface area contributed by atoms with Crippen LogP contribution in [0.2, 0.25) is 0 Å². The van der Waals surface area contributed by atoms with E-state index in [2.05, 4.69) is 0 Å². The van der Waals surface area contributed by atoms with Crippen molar-refractivity contribution >= 4 is 5.91 Å². The lowest BCUT2D eigenvalue weighted by Gasteiger charge is -2.06. The highest BCUT2D eigenvalue weighted by molar-refractivity contribution is 5.92. The third-order valence-corrected chi connectivity index (χ3v) is 1.92. The summed E-state index contributed by atoms with van der Waals surface area (Å²) in [4.78, 5) is 10.7. The molecular formula is C10H13NO3. The molecule has 0 bridgehead atoms. The van der Waals surface area contributed by atoms with Crippen LogP contribution in [0.5, 0.6) is 0 Å². The monoisotopic (exact) mass is 195 g/mol. The molecule has 0 spiro atoms. The molecule has 0 aliphatic rings. The van der Waals surface area contributed by atoms with Gasteiger partial charge in [0.05, 0.1) is 12.7 Å². The molecule has 0 aliphatic carbocycles. The summed E-state index contributed by atoms with van der Waals surface area (Å²) in [7, 11) is 0. The fourth-order valence-electron chi connectivity index (χ4n) is 1.14. The molecule has 0 heterocycles. The summed E-state index contributed by atoms with van der Waals surface area (Å²) < 4.78 is 0. The van der Waals surface area contributed by atoms with Crippen LogP contribution < -0.4 is 5.73 Å². The number of primary amides is 1. The number of rotatable bonds is 4. The van der Waals surface area contributed by atoms with Crippen molar-refractivity contribution in [2.75, 3.05) is 6.61 Å². The van der Waals surface area contributed by atoms with Crippen molar-refractivity contribution in [1.82, 2.24) is 0 Å². The number of hydrogen-bond acceptors (Lipinski definition) is 3. The Morgan fingerprint density at radius 2 is 1.93 bits per heavy atom. The largest absolute Gasteiger partial charge is 0.394 e. The summed E-state index contributed by atoms with van der Waals surface area (Å²) >= 11 is 0. The summed E-state index contributed by atoms with van der Waals surface area (Å²) in [6.07, 6.45) is -0.385. The number of amides is 1. The van der Waals surface area contributed by atoms with Gasteiger partial charge in [-0.25, -0.2) is 0 Å². The van der Waals surface area contributed by atoms with Crippen LogP contribution in [-0.2, 0) is 6.42 Å². The Balaban J connectivity index is 2.68. The van der Waals surface area contributed by atoms with Crippen molar-refractivity contribution in [3.63, 3.8) is 0 Å². The lowest BCUT2D eigenvalue weighted by atomic mass is 10.1. The van der Waals surface area contributed by atoms with Crippen molar-refractivity contribution in [2.45, 2.75) is 12.5 Å². The molecule has 1 aromatic carbocycles. The Labute approximate surface area is 82.0 Å². The van der Waals surface area contributed by atoms with Crippen LogP contribution in [0.3, 0.4) is 0 Å². The van der Waals surface area contributed by atoms with Crippen molar-refractivity contribution in [3.8, 4) is 0 Å². The highest BCUT2D eigenvalue weighted by Crippen LogP contribution is 2.06. The second-order valence-electron chi connectivity index (χ2n) is 3.10. The van der Waals surface area contributed by atoms with Crippen molar-refractivity contribution in [3.05, 3.63) is 35.4 Å². The second kappa shape index (κ2) is 4.74. The molecule has 14 heavy (non-hydrogen) atoms.